The van der Waals surface area contributed by atoms with Crippen LogP contribution in [0.5, 0.6) is 0 Å². The second kappa shape index (κ2) is 5.22. The first-order chi connectivity index (χ1) is 5.84. The van der Waals surface area contributed by atoms with Crippen molar-refractivity contribution >= 4 is 0 Å². The number of hydrogen-bond donors (Lipinski definition) is 0. The Morgan fingerprint density at radius 3 is 2.83 bits per heavy atom. The molecular weight excluding hydrogens is 146 g/mol. The molecule has 0 spiro atoms. The summed E-state index contributed by atoms with van der Waals surface area (Å²) in [5, 5.41) is 0. The minimum atomic E-state index is 0.683. The van der Waals surface area contributed by atoms with Gasteiger partial charge in [-0.25, -0.2) is 0 Å². The fourth-order valence-corrected chi connectivity index (χ4v) is 1.53. The van der Waals surface area contributed by atoms with E-state index in [9.17, 15) is 0 Å². The lowest BCUT2D eigenvalue weighted by molar-refractivity contribution is 0.227. The number of hydrogen-bond acceptors (Lipinski definition) is 1. The van der Waals surface area contributed by atoms with Crippen molar-refractivity contribution in [2.24, 2.45) is 0 Å². The lowest BCUT2D eigenvalue weighted by Gasteiger charge is -2.27. The van der Waals surface area contributed by atoms with E-state index < -0.39 is 0 Å². The maximum Gasteiger partial charge on any atom is 0.0604 e. The fraction of sp³-hybridized carbons (Fsp3) is 0.818. The monoisotopic (exact) mass is 165 g/mol. The van der Waals surface area contributed by atoms with Gasteiger partial charge in [0.15, 0.2) is 0 Å². The van der Waals surface area contributed by atoms with Crippen molar-refractivity contribution in [1.82, 2.24) is 4.90 Å². The molecule has 0 bridgehead atoms. The maximum atomic E-state index is 3.17. The topological polar surface area (TPSA) is 3.24 Å². The molecule has 1 heteroatoms. The molecule has 0 aromatic rings. The summed E-state index contributed by atoms with van der Waals surface area (Å²) >= 11 is 0. The van der Waals surface area contributed by atoms with Crippen LogP contribution in [0, 0.1) is 11.8 Å². The average Bonchev–Trinajstić information content (AvgIpc) is 2.09. The summed E-state index contributed by atoms with van der Waals surface area (Å²) in [6.45, 7) is 6.76. The molecule has 0 radical (unpaired) electrons. The van der Waals surface area contributed by atoms with Gasteiger partial charge in [0.1, 0.15) is 0 Å². The van der Waals surface area contributed by atoms with Crippen LogP contribution < -0.4 is 0 Å². The van der Waals surface area contributed by atoms with Crippen molar-refractivity contribution in [3.63, 3.8) is 0 Å². The van der Waals surface area contributed by atoms with Crippen molar-refractivity contribution in [3.8, 4) is 11.8 Å². The van der Waals surface area contributed by atoms with Crippen molar-refractivity contribution in [2.45, 2.75) is 45.6 Å². The molecule has 0 saturated heterocycles. The fourth-order valence-electron chi connectivity index (χ4n) is 1.53. The molecule has 0 aromatic heterocycles. The van der Waals surface area contributed by atoms with Gasteiger partial charge in [-0.2, -0.15) is 0 Å². The van der Waals surface area contributed by atoms with Crippen LogP contribution in [0.2, 0.25) is 0 Å². The lowest BCUT2D eigenvalue weighted by atomic mass is 10.1. The number of rotatable bonds is 4. The first-order valence-electron chi connectivity index (χ1n) is 5.04. The van der Waals surface area contributed by atoms with E-state index in [0.717, 1.165) is 13.0 Å². The summed E-state index contributed by atoms with van der Waals surface area (Å²) in [6.07, 6.45) is 5.07. The molecule has 0 aliphatic carbocycles. The molecule has 1 rings (SSSR count). The molecule has 1 aliphatic heterocycles. The SMILES string of the molecule is CCCCCN1CC#CCC1C. The largest absolute Gasteiger partial charge is 0.289 e. The van der Waals surface area contributed by atoms with Crippen LogP contribution in [0.1, 0.15) is 39.5 Å². The Bertz CT molecular complexity index is 175. The second-order valence-corrected chi connectivity index (χ2v) is 3.58. The number of nitrogens with zero attached hydrogens (tertiary/aromatic N) is 1. The Morgan fingerprint density at radius 1 is 1.33 bits per heavy atom. The third-order valence-corrected chi connectivity index (χ3v) is 2.48. The zero-order valence-electron chi connectivity index (χ0n) is 8.27. The van der Waals surface area contributed by atoms with Crippen LogP contribution in [-0.4, -0.2) is 24.0 Å². The van der Waals surface area contributed by atoms with Crippen LogP contribution in [0.3, 0.4) is 0 Å². The second-order valence-electron chi connectivity index (χ2n) is 3.58. The van der Waals surface area contributed by atoms with Gasteiger partial charge in [0.25, 0.3) is 0 Å². The smallest absolute Gasteiger partial charge is 0.0604 e. The highest BCUT2D eigenvalue weighted by Gasteiger charge is 2.13. The summed E-state index contributed by atoms with van der Waals surface area (Å²) in [6, 6.07) is 0.683. The van der Waals surface area contributed by atoms with Crippen LogP contribution in [0.4, 0.5) is 0 Å². The van der Waals surface area contributed by atoms with E-state index in [0.29, 0.717) is 6.04 Å². The minimum absolute atomic E-state index is 0.683. The molecule has 1 atom stereocenters. The van der Waals surface area contributed by atoms with Crippen molar-refractivity contribution in [3.05, 3.63) is 0 Å². The predicted octanol–water partition coefficient (Wildman–Crippen LogP) is 2.27. The molecule has 1 aliphatic rings. The van der Waals surface area contributed by atoms with Gasteiger partial charge in [0.2, 0.25) is 0 Å². The van der Waals surface area contributed by atoms with Crippen LogP contribution in [-0.2, 0) is 0 Å². The molecular formula is C11H19N. The Morgan fingerprint density at radius 2 is 2.17 bits per heavy atom. The molecule has 1 nitrogen and oxygen atoms in total. The summed E-state index contributed by atoms with van der Waals surface area (Å²) in [4.78, 5) is 2.49. The van der Waals surface area contributed by atoms with Crippen LogP contribution in [0.15, 0.2) is 0 Å². The predicted molar refractivity (Wildman–Crippen MR) is 53.0 cm³/mol. The molecule has 0 aromatic carbocycles. The molecule has 0 fully saturated rings. The van der Waals surface area contributed by atoms with E-state index in [4.69, 9.17) is 0 Å². The summed E-state index contributed by atoms with van der Waals surface area (Å²) in [5.41, 5.74) is 0. The maximum absolute atomic E-state index is 3.17. The van der Waals surface area contributed by atoms with Gasteiger partial charge < -0.3 is 0 Å². The van der Waals surface area contributed by atoms with Gasteiger partial charge in [0, 0.05) is 12.5 Å². The van der Waals surface area contributed by atoms with Crippen molar-refractivity contribution < 1.29 is 0 Å². The van der Waals surface area contributed by atoms with Gasteiger partial charge in [-0.3, -0.25) is 4.90 Å². The van der Waals surface area contributed by atoms with E-state index in [-0.39, 0.29) is 0 Å². The highest BCUT2D eigenvalue weighted by molar-refractivity contribution is 5.07. The standard InChI is InChI=1S/C11H19N/c1-3-4-6-9-12-10-7-5-8-11(12)2/h11H,3-4,6,8-10H2,1-2H3. The lowest BCUT2D eigenvalue weighted by Crippen LogP contribution is -2.36. The van der Waals surface area contributed by atoms with Crippen LogP contribution in [0.25, 0.3) is 0 Å². The third-order valence-electron chi connectivity index (χ3n) is 2.48. The van der Waals surface area contributed by atoms with E-state index in [1.54, 1.807) is 0 Å². The average molecular weight is 165 g/mol. The van der Waals surface area contributed by atoms with Gasteiger partial charge >= 0.3 is 0 Å². The quantitative estimate of drug-likeness (QED) is 0.456. The highest BCUT2D eigenvalue weighted by Crippen LogP contribution is 2.08. The van der Waals surface area contributed by atoms with E-state index in [1.807, 2.05) is 0 Å². The molecule has 0 saturated carbocycles. The molecule has 68 valence electrons. The highest BCUT2D eigenvalue weighted by atomic mass is 15.1. The summed E-state index contributed by atoms with van der Waals surface area (Å²) in [5.74, 6) is 6.33. The van der Waals surface area contributed by atoms with Gasteiger partial charge in [0.05, 0.1) is 6.54 Å². The molecule has 12 heavy (non-hydrogen) atoms. The third kappa shape index (κ3) is 2.87. The summed E-state index contributed by atoms with van der Waals surface area (Å²) < 4.78 is 0. The van der Waals surface area contributed by atoms with Gasteiger partial charge in [-0.15, -0.1) is 5.92 Å². The number of unbranched alkanes of at least 4 members (excludes halogenated alkanes) is 2. The Hall–Kier alpha value is -0.480. The van der Waals surface area contributed by atoms with Gasteiger partial charge in [-0.05, 0) is 19.9 Å². The van der Waals surface area contributed by atoms with Crippen molar-refractivity contribution in [2.75, 3.05) is 13.1 Å². The normalized spacial score (nSPS) is 23.3. The van der Waals surface area contributed by atoms with E-state index in [2.05, 4.69) is 30.6 Å². The first kappa shape index (κ1) is 9.61. The van der Waals surface area contributed by atoms with E-state index in [1.165, 1.54) is 25.8 Å². The van der Waals surface area contributed by atoms with Crippen molar-refractivity contribution in [1.29, 1.82) is 0 Å². The molecule has 0 amide bonds. The Labute approximate surface area is 76.1 Å². The first-order valence-corrected chi connectivity index (χ1v) is 5.04. The Balaban J connectivity index is 2.19. The molecule has 1 heterocycles. The summed E-state index contributed by atoms with van der Waals surface area (Å²) in [7, 11) is 0. The molecule has 1 unspecified atom stereocenters. The van der Waals surface area contributed by atoms with E-state index >= 15 is 0 Å². The molecule has 0 N–H and O–H groups in total. The zero-order valence-corrected chi connectivity index (χ0v) is 8.27. The zero-order chi connectivity index (χ0) is 8.81. The van der Waals surface area contributed by atoms with Gasteiger partial charge in [-0.1, -0.05) is 25.7 Å². The van der Waals surface area contributed by atoms with Crippen LogP contribution >= 0.6 is 0 Å². The minimum Gasteiger partial charge on any atom is -0.289 e. The Kier molecular flexibility index (Phi) is 4.18.